The van der Waals surface area contributed by atoms with Crippen molar-refractivity contribution in [1.29, 1.82) is 0 Å². The summed E-state index contributed by atoms with van der Waals surface area (Å²) in [6.45, 7) is 6.62. The second-order valence-corrected chi connectivity index (χ2v) is 7.35. The summed E-state index contributed by atoms with van der Waals surface area (Å²) in [5, 5.41) is 1.16. The zero-order valence-corrected chi connectivity index (χ0v) is 13.2. The van der Waals surface area contributed by atoms with E-state index in [0.29, 0.717) is 12.0 Å². The zero-order valence-electron chi connectivity index (χ0n) is 12.4. The largest absolute Gasteiger partial charge is 0.368 e. The van der Waals surface area contributed by atoms with E-state index in [9.17, 15) is 0 Å². The Morgan fingerprint density at radius 1 is 1.24 bits per heavy atom. The second kappa shape index (κ2) is 5.10. The first-order valence-corrected chi connectivity index (χ1v) is 8.55. The topological polar surface area (TPSA) is 58.3 Å². The van der Waals surface area contributed by atoms with Gasteiger partial charge in [0, 0.05) is 30.6 Å². The summed E-state index contributed by atoms with van der Waals surface area (Å²) in [6.07, 6.45) is 4.02. The highest BCUT2D eigenvalue weighted by molar-refractivity contribution is 7.18. The van der Waals surface area contributed by atoms with E-state index in [1.807, 2.05) is 0 Å². The molecule has 0 aliphatic carbocycles. The number of anilines is 2. The Morgan fingerprint density at radius 2 is 2.14 bits per heavy atom. The molecule has 1 unspecified atom stereocenters. The summed E-state index contributed by atoms with van der Waals surface area (Å²) in [5.74, 6) is 1.43. The van der Waals surface area contributed by atoms with Crippen molar-refractivity contribution in [3.63, 3.8) is 0 Å². The molecule has 6 heteroatoms. The number of fused-ring (bicyclic) bond motifs is 2. The van der Waals surface area contributed by atoms with Crippen molar-refractivity contribution in [2.24, 2.45) is 0 Å². The lowest BCUT2D eigenvalue weighted by Crippen LogP contribution is -2.55. The van der Waals surface area contributed by atoms with Crippen LogP contribution in [-0.4, -0.2) is 47.1 Å². The molecule has 2 saturated heterocycles. The van der Waals surface area contributed by atoms with Crippen LogP contribution in [0.2, 0.25) is 0 Å². The molecule has 0 amide bonds. The molecule has 0 bridgehead atoms. The number of aryl methyl sites for hydroxylation is 1. The zero-order chi connectivity index (χ0) is 14.4. The van der Waals surface area contributed by atoms with Crippen LogP contribution in [0, 0.1) is 6.92 Å². The van der Waals surface area contributed by atoms with Crippen LogP contribution >= 0.6 is 11.3 Å². The molecular weight excluding hydrogens is 282 g/mol. The monoisotopic (exact) mass is 303 g/mol. The smallest absolute Gasteiger partial charge is 0.223 e. The molecule has 2 N–H and O–H groups in total. The van der Waals surface area contributed by atoms with Crippen molar-refractivity contribution >= 4 is 33.3 Å². The molecule has 21 heavy (non-hydrogen) atoms. The molecule has 2 aliphatic heterocycles. The van der Waals surface area contributed by atoms with Crippen LogP contribution in [0.4, 0.5) is 11.8 Å². The molecule has 112 valence electrons. The van der Waals surface area contributed by atoms with Crippen LogP contribution in [-0.2, 0) is 0 Å². The van der Waals surface area contributed by atoms with Gasteiger partial charge in [-0.3, -0.25) is 4.90 Å². The minimum absolute atomic E-state index is 0.394. The molecule has 0 radical (unpaired) electrons. The quantitative estimate of drug-likeness (QED) is 0.875. The summed E-state index contributed by atoms with van der Waals surface area (Å²) in [4.78, 5) is 16.3. The number of hydrogen-bond acceptors (Lipinski definition) is 6. The van der Waals surface area contributed by atoms with Crippen LogP contribution in [0.5, 0.6) is 0 Å². The van der Waals surface area contributed by atoms with Crippen LogP contribution in [0.15, 0.2) is 6.07 Å². The van der Waals surface area contributed by atoms with Crippen molar-refractivity contribution in [3.8, 4) is 0 Å². The first kappa shape index (κ1) is 13.3. The lowest BCUT2D eigenvalue weighted by Gasteiger charge is -2.44. The van der Waals surface area contributed by atoms with Crippen LogP contribution in [0.1, 0.15) is 24.1 Å². The summed E-state index contributed by atoms with van der Waals surface area (Å²) in [5.41, 5.74) is 5.92. The van der Waals surface area contributed by atoms with Gasteiger partial charge in [0.25, 0.3) is 0 Å². The lowest BCUT2D eigenvalue weighted by molar-refractivity contribution is 0.133. The highest BCUT2D eigenvalue weighted by Crippen LogP contribution is 2.33. The normalized spacial score (nSPS) is 23.5. The third kappa shape index (κ3) is 2.36. The van der Waals surface area contributed by atoms with Gasteiger partial charge in [-0.2, -0.15) is 4.98 Å². The van der Waals surface area contributed by atoms with E-state index in [1.54, 1.807) is 11.3 Å². The predicted octanol–water partition coefficient (Wildman–Crippen LogP) is 2.26. The van der Waals surface area contributed by atoms with Crippen molar-refractivity contribution in [3.05, 3.63) is 10.9 Å². The van der Waals surface area contributed by atoms with Crippen molar-refractivity contribution in [2.75, 3.05) is 36.8 Å². The van der Waals surface area contributed by atoms with E-state index in [0.717, 1.165) is 35.7 Å². The first-order chi connectivity index (χ1) is 10.2. The van der Waals surface area contributed by atoms with E-state index in [4.69, 9.17) is 5.73 Å². The third-order valence-corrected chi connectivity index (χ3v) is 5.59. The van der Waals surface area contributed by atoms with Gasteiger partial charge in [0.1, 0.15) is 10.6 Å². The van der Waals surface area contributed by atoms with Crippen LogP contribution in [0.3, 0.4) is 0 Å². The fourth-order valence-corrected chi connectivity index (χ4v) is 4.51. The SMILES string of the molecule is Cc1cc2c(N3CCN4CCCCC4C3)nc(N)nc2s1. The molecule has 0 aromatic carbocycles. The van der Waals surface area contributed by atoms with Gasteiger partial charge in [-0.1, -0.05) is 6.42 Å². The van der Waals surface area contributed by atoms with E-state index in [-0.39, 0.29) is 0 Å². The fraction of sp³-hybridized carbons (Fsp3) is 0.600. The van der Waals surface area contributed by atoms with Crippen molar-refractivity contribution in [2.45, 2.75) is 32.2 Å². The summed E-state index contributed by atoms with van der Waals surface area (Å²) < 4.78 is 0. The summed E-state index contributed by atoms with van der Waals surface area (Å²) >= 11 is 1.70. The van der Waals surface area contributed by atoms with E-state index in [2.05, 4.69) is 32.8 Å². The average molecular weight is 303 g/mol. The molecule has 0 spiro atoms. The Labute approximate surface area is 128 Å². The fourth-order valence-electron chi connectivity index (χ4n) is 3.63. The summed E-state index contributed by atoms with van der Waals surface area (Å²) in [7, 11) is 0. The highest BCUT2D eigenvalue weighted by atomic mass is 32.1. The maximum absolute atomic E-state index is 5.92. The van der Waals surface area contributed by atoms with Crippen LogP contribution in [0.25, 0.3) is 10.2 Å². The maximum Gasteiger partial charge on any atom is 0.223 e. The number of nitrogen functional groups attached to an aromatic ring is 1. The lowest BCUT2D eigenvalue weighted by atomic mass is 9.99. The second-order valence-electron chi connectivity index (χ2n) is 6.11. The van der Waals surface area contributed by atoms with Crippen molar-refractivity contribution < 1.29 is 0 Å². The van der Waals surface area contributed by atoms with Gasteiger partial charge in [-0.05, 0) is 32.4 Å². The Morgan fingerprint density at radius 3 is 3.05 bits per heavy atom. The Bertz CT molecular complexity index is 667. The molecule has 1 atom stereocenters. The summed E-state index contributed by atoms with van der Waals surface area (Å²) in [6, 6.07) is 2.88. The molecule has 2 aliphatic rings. The minimum atomic E-state index is 0.394. The number of hydrogen-bond donors (Lipinski definition) is 1. The standard InChI is InChI=1S/C15H21N5S/c1-10-8-12-13(17-15(16)18-14(12)21-10)20-7-6-19-5-3-2-4-11(19)9-20/h8,11H,2-7,9H2,1H3,(H2,16,17,18). The number of nitrogens with two attached hydrogens (primary N) is 1. The van der Waals surface area contributed by atoms with E-state index >= 15 is 0 Å². The molecule has 5 nitrogen and oxygen atoms in total. The Kier molecular flexibility index (Phi) is 3.23. The van der Waals surface area contributed by atoms with Crippen molar-refractivity contribution in [1.82, 2.24) is 14.9 Å². The van der Waals surface area contributed by atoms with E-state index < -0.39 is 0 Å². The molecular formula is C15H21N5S. The maximum atomic E-state index is 5.92. The number of piperidine rings is 1. The molecule has 0 saturated carbocycles. The Hall–Kier alpha value is -1.40. The van der Waals surface area contributed by atoms with Crippen LogP contribution < -0.4 is 10.6 Å². The van der Waals surface area contributed by atoms with E-state index in [1.165, 1.54) is 30.7 Å². The highest BCUT2D eigenvalue weighted by Gasteiger charge is 2.30. The van der Waals surface area contributed by atoms with Gasteiger partial charge in [-0.25, -0.2) is 4.98 Å². The third-order valence-electron chi connectivity index (χ3n) is 4.65. The number of aromatic nitrogens is 2. The van der Waals surface area contributed by atoms with Gasteiger partial charge in [0.05, 0.1) is 5.39 Å². The molecule has 2 aromatic heterocycles. The minimum Gasteiger partial charge on any atom is -0.368 e. The number of rotatable bonds is 1. The predicted molar refractivity (Wildman–Crippen MR) is 88.0 cm³/mol. The van der Waals surface area contributed by atoms with Gasteiger partial charge in [0.2, 0.25) is 5.95 Å². The average Bonchev–Trinajstić information content (AvgIpc) is 2.86. The van der Waals surface area contributed by atoms with Gasteiger partial charge >= 0.3 is 0 Å². The van der Waals surface area contributed by atoms with Gasteiger partial charge in [-0.15, -0.1) is 11.3 Å². The molecule has 2 fully saturated rings. The molecule has 4 heterocycles. The number of thiophene rings is 1. The Balaban J connectivity index is 1.69. The molecule has 4 rings (SSSR count). The van der Waals surface area contributed by atoms with Gasteiger partial charge < -0.3 is 10.6 Å². The first-order valence-electron chi connectivity index (χ1n) is 7.73. The number of nitrogens with zero attached hydrogens (tertiary/aromatic N) is 4. The molecule has 2 aromatic rings. The van der Waals surface area contributed by atoms with Gasteiger partial charge in [0.15, 0.2) is 0 Å². The number of piperazine rings is 1.